The van der Waals surface area contributed by atoms with Gasteiger partial charge in [-0.05, 0) is 11.6 Å². The van der Waals surface area contributed by atoms with Crippen LogP contribution in [0.25, 0.3) is 0 Å². The molecule has 2 atom stereocenters. The third-order valence-electron chi connectivity index (χ3n) is 3.30. The second-order valence-corrected chi connectivity index (χ2v) is 4.72. The summed E-state index contributed by atoms with van der Waals surface area (Å²) in [5.74, 6) is -2.14. The third kappa shape index (κ3) is 2.84. The van der Waals surface area contributed by atoms with E-state index in [1.165, 1.54) is 36.1 Å². The summed E-state index contributed by atoms with van der Waals surface area (Å²) < 4.78 is 30.0. The van der Waals surface area contributed by atoms with Crippen LogP contribution in [-0.2, 0) is 6.54 Å². The lowest BCUT2D eigenvalue weighted by atomic mass is 9.96. The minimum absolute atomic E-state index is 0.165. The van der Waals surface area contributed by atoms with Gasteiger partial charge in [-0.2, -0.15) is 5.10 Å². The number of hydrogen-bond acceptors (Lipinski definition) is 5. The molecule has 3 aromatic rings. The van der Waals surface area contributed by atoms with Crippen molar-refractivity contribution in [1.29, 1.82) is 0 Å². The lowest BCUT2D eigenvalue weighted by molar-refractivity contribution is 0.0532. The van der Waals surface area contributed by atoms with Gasteiger partial charge < -0.3 is 9.67 Å². The standard InChI is InChI=1S/C13H12F2N6O/c14-9-1-2-10(12(15)3-9)11(4-20-7-17-18-8-20)13(22)21-6-16-5-19-21/h1-3,5-8,11,13,22H,4H2. The zero-order valence-electron chi connectivity index (χ0n) is 11.3. The Bertz CT molecular complexity index is 731. The van der Waals surface area contributed by atoms with Crippen molar-refractivity contribution >= 4 is 0 Å². The van der Waals surface area contributed by atoms with Gasteiger partial charge in [-0.1, -0.05) is 6.07 Å². The lowest BCUT2D eigenvalue weighted by Gasteiger charge is -2.24. The average Bonchev–Trinajstić information content (AvgIpc) is 3.18. The molecule has 0 bridgehead atoms. The highest BCUT2D eigenvalue weighted by Gasteiger charge is 2.27. The minimum Gasteiger partial charge on any atom is -0.371 e. The molecule has 7 nitrogen and oxygen atoms in total. The van der Waals surface area contributed by atoms with E-state index in [0.717, 1.165) is 12.1 Å². The molecule has 0 amide bonds. The van der Waals surface area contributed by atoms with Crippen molar-refractivity contribution in [3.63, 3.8) is 0 Å². The fraction of sp³-hybridized carbons (Fsp3) is 0.231. The van der Waals surface area contributed by atoms with Crippen LogP contribution in [0.1, 0.15) is 17.7 Å². The molecule has 22 heavy (non-hydrogen) atoms. The first-order valence-corrected chi connectivity index (χ1v) is 6.44. The molecule has 2 heterocycles. The molecule has 9 heteroatoms. The van der Waals surface area contributed by atoms with Crippen LogP contribution < -0.4 is 0 Å². The molecule has 3 rings (SSSR count). The quantitative estimate of drug-likeness (QED) is 0.764. The monoisotopic (exact) mass is 306 g/mol. The number of aliphatic hydroxyl groups excluding tert-OH is 1. The van der Waals surface area contributed by atoms with E-state index in [2.05, 4.69) is 20.3 Å². The van der Waals surface area contributed by atoms with Crippen molar-refractivity contribution in [2.45, 2.75) is 18.7 Å². The summed E-state index contributed by atoms with van der Waals surface area (Å²) in [4.78, 5) is 3.76. The van der Waals surface area contributed by atoms with Crippen molar-refractivity contribution in [3.8, 4) is 0 Å². The van der Waals surface area contributed by atoms with Gasteiger partial charge in [0.25, 0.3) is 0 Å². The Morgan fingerprint density at radius 3 is 2.55 bits per heavy atom. The molecule has 2 unspecified atom stereocenters. The molecule has 2 aromatic heterocycles. The molecule has 0 saturated carbocycles. The van der Waals surface area contributed by atoms with Crippen LogP contribution in [0.3, 0.4) is 0 Å². The molecule has 0 aliphatic heterocycles. The van der Waals surface area contributed by atoms with Crippen molar-refractivity contribution in [2.24, 2.45) is 0 Å². The fourth-order valence-electron chi connectivity index (χ4n) is 2.24. The molecule has 1 aromatic carbocycles. The van der Waals surface area contributed by atoms with E-state index >= 15 is 0 Å². The zero-order valence-corrected chi connectivity index (χ0v) is 11.3. The smallest absolute Gasteiger partial charge is 0.157 e. The predicted molar refractivity (Wildman–Crippen MR) is 70.4 cm³/mol. The Kier molecular flexibility index (Phi) is 3.88. The predicted octanol–water partition coefficient (Wildman–Crippen LogP) is 1.12. The van der Waals surface area contributed by atoms with E-state index in [-0.39, 0.29) is 12.1 Å². The Balaban J connectivity index is 1.98. The summed E-state index contributed by atoms with van der Waals surface area (Å²) in [5, 5.41) is 21.7. The number of aromatic nitrogens is 6. The molecular formula is C13H12F2N6O. The largest absolute Gasteiger partial charge is 0.371 e. The average molecular weight is 306 g/mol. The first-order chi connectivity index (χ1) is 10.6. The van der Waals surface area contributed by atoms with Crippen molar-refractivity contribution < 1.29 is 13.9 Å². The second kappa shape index (κ2) is 5.98. The van der Waals surface area contributed by atoms with E-state index in [4.69, 9.17) is 0 Å². The van der Waals surface area contributed by atoms with Gasteiger partial charge in [-0.3, -0.25) is 0 Å². The highest BCUT2D eigenvalue weighted by atomic mass is 19.1. The molecule has 0 radical (unpaired) electrons. The van der Waals surface area contributed by atoms with Crippen LogP contribution in [0.2, 0.25) is 0 Å². The molecular weight excluding hydrogens is 294 g/mol. The lowest BCUT2D eigenvalue weighted by Crippen LogP contribution is -2.23. The number of aliphatic hydroxyl groups is 1. The van der Waals surface area contributed by atoms with Gasteiger partial charge in [-0.25, -0.2) is 18.4 Å². The van der Waals surface area contributed by atoms with Crippen LogP contribution in [-0.4, -0.2) is 34.6 Å². The van der Waals surface area contributed by atoms with Crippen molar-refractivity contribution in [1.82, 2.24) is 29.5 Å². The van der Waals surface area contributed by atoms with Crippen LogP contribution in [0.5, 0.6) is 0 Å². The first kappa shape index (κ1) is 14.3. The number of nitrogens with zero attached hydrogens (tertiary/aromatic N) is 6. The third-order valence-corrected chi connectivity index (χ3v) is 3.30. The maximum Gasteiger partial charge on any atom is 0.157 e. The van der Waals surface area contributed by atoms with Gasteiger partial charge in [0.2, 0.25) is 0 Å². The molecule has 0 saturated heterocycles. The van der Waals surface area contributed by atoms with E-state index in [9.17, 15) is 13.9 Å². The summed E-state index contributed by atoms with van der Waals surface area (Å²) in [5.41, 5.74) is 0.165. The summed E-state index contributed by atoms with van der Waals surface area (Å²) in [6.45, 7) is 0.191. The summed E-state index contributed by atoms with van der Waals surface area (Å²) in [6.07, 6.45) is 4.31. The van der Waals surface area contributed by atoms with Gasteiger partial charge >= 0.3 is 0 Å². The Hall–Kier alpha value is -2.68. The van der Waals surface area contributed by atoms with Crippen LogP contribution in [0, 0.1) is 11.6 Å². The summed E-state index contributed by atoms with van der Waals surface area (Å²) in [7, 11) is 0. The van der Waals surface area contributed by atoms with E-state index in [1.807, 2.05) is 0 Å². The molecule has 0 spiro atoms. The van der Waals surface area contributed by atoms with E-state index in [0.29, 0.717) is 0 Å². The fourth-order valence-corrected chi connectivity index (χ4v) is 2.24. The number of hydrogen-bond donors (Lipinski definition) is 1. The Morgan fingerprint density at radius 1 is 1.14 bits per heavy atom. The van der Waals surface area contributed by atoms with Gasteiger partial charge in [0.05, 0.1) is 5.92 Å². The Labute approximate surface area is 123 Å². The second-order valence-electron chi connectivity index (χ2n) is 4.72. The number of halogens is 2. The Morgan fingerprint density at radius 2 is 1.91 bits per heavy atom. The van der Waals surface area contributed by atoms with Gasteiger partial charge in [-0.15, -0.1) is 10.2 Å². The SMILES string of the molecule is OC(C(Cn1cnnc1)c1ccc(F)cc1F)n1cncn1. The summed E-state index contributed by atoms with van der Waals surface area (Å²) >= 11 is 0. The maximum atomic E-state index is 14.1. The molecule has 114 valence electrons. The zero-order chi connectivity index (χ0) is 15.5. The maximum absolute atomic E-state index is 14.1. The molecule has 0 aliphatic carbocycles. The number of benzene rings is 1. The molecule has 0 fully saturated rings. The highest BCUT2D eigenvalue weighted by Crippen LogP contribution is 2.30. The summed E-state index contributed by atoms with van der Waals surface area (Å²) in [6, 6.07) is 3.23. The van der Waals surface area contributed by atoms with Gasteiger partial charge in [0, 0.05) is 12.6 Å². The van der Waals surface area contributed by atoms with Crippen LogP contribution >= 0.6 is 0 Å². The normalized spacial score (nSPS) is 14.0. The van der Waals surface area contributed by atoms with Crippen molar-refractivity contribution in [2.75, 3.05) is 0 Å². The highest BCUT2D eigenvalue weighted by molar-refractivity contribution is 5.23. The van der Waals surface area contributed by atoms with Gasteiger partial charge in [0.15, 0.2) is 6.23 Å². The van der Waals surface area contributed by atoms with E-state index in [1.54, 1.807) is 4.57 Å². The van der Waals surface area contributed by atoms with Crippen LogP contribution in [0.15, 0.2) is 43.5 Å². The number of rotatable bonds is 5. The van der Waals surface area contributed by atoms with Crippen molar-refractivity contribution in [3.05, 3.63) is 60.7 Å². The topological polar surface area (TPSA) is 81.6 Å². The first-order valence-electron chi connectivity index (χ1n) is 6.44. The molecule has 1 N–H and O–H groups in total. The minimum atomic E-state index is -1.18. The molecule has 0 aliphatic rings. The van der Waals surface area contributed by atoms with Gasteiger partial charge in [0.1, 0.15) is 36.9 Å². The van der Waals surface area contributed by atoms with E-state index < -0.39 is 23.8 Å². The van der Waals surface area contributed by atoms with Crippen LogP contribution in [0.4, 0.5) is 8.78 Å².